The Morgan fingerprint density at radius 3 is 2.96 bits per heavy atom. The molecule has 1 N–H and O–H groups in total. The van der Waals surface area contributed by atoms with Crippen LogP contribution in [0.4, 0.5) is 0 Å². The molecule has 1 aromatic carbocycles. The maximum absolute atomic E-state index is 12.9. The van der Waals surface area contributed by atoms with Gasteiger partial charge in [-0.25, -0.2) is 0 Å². The second kappa shape index (κ2) is 6.20. The number of carbonyl (C=O) groups excluding carboxylic acids is 1. The molecule has 1 amide bonds. The summed E-state index contributed by atoms with van der Waals surface area (Å²) in [6, 6.07) is 9.25. The van der Waals surface area contributed by atoms with Gasteiger partial charge in [0.05, 0.1) is 12.2 Å². The Bertz CT molecular complexity index is 988. The zero-order chi connectivity index (χ0) is 17.4. The molecule has 0 spiro atoms. The number of hydrogen-bond acceptors (Lipinski definition) is 3. The molecule has 3 aromatic rings. The zero-order valence-corrected chi connectivity index (χ0v) is 14.1. The van der Waals surface area contributed by atoms with Crippen molar-refractivity contribution in [3.8, 4) is 0 Å². The zero-order valence-electron chi connectivity index (χ0n) is 14.1. The Labute approximate surface area is 145 Å². The molecule has 128 valence electrons. The van der Waals surface area contributed by atoms with Crippen molar-refractivity contribution in [3.63, 3.8) is 0 Å². The number of H-pyrrole nitrogens is 1. The molecule has 4 rings (SSSR count). The summed E-state index contributed by atoms with van der Waals surface area (Å²) in [6.45, 7) is 3.31. The first kappa shape index (κ1) is 15.6. The number of aromatic amines is 1. The van der Waals surface area contributed by atoms with E-state index in [-0.39, 0.29) is 17.5 Å². The first-order valence-corrected chi connectivity index (χ1v) is 8.54. The number of hydrogen-bond donors (Lipinski definition) is 1. The molecule has 3 heterocycles. The highest BCUT2D eigenvalue weighted by Crippen LogP contribution is 2.22. The number of pyridine rings is 1. The molecule has 25 heavy (non-hydrogen) atoms. The Morgan fingerprint density at radius 2 is 2.16 bits per heavy atom. The molecule has 0 saturated carbocycles. The number of benzene rings is 1. The molecule has 1 fully saturated rings. The van der Waals surface area contributed by atoms with Crippen molar-refractivity contribution in [1.82, 2.24) is 19.7 Å². The highest BCUT2D eigenvalue weighted by molar-refractivity contribution is 5.96. The standard InChI is InChI=1S/C19H20N4O2/c1-13-10-20-23(11-13)15-6-4-8-22(12-15)19(25)17-9-14-5-2-3-7-16(14)18(24)21-17/h2-3,5,7,9-11,15H,4,6,8,12H2,1H3,(H,21,24). The van der Waals surface area contributed by atoms with Gasteiger partial charge in [-0.1, -0.05) is 18.2 Å². The van der Waals surface area contributed by atoms with Gasteiger partial charge in [-0.3, -0.25) is 14.3 Å². The predicted molar refractivity (Wildman–Crippen MR) is 95.7 cm³/mol. The van der Waals surface area contributed by atoms with Gasteiger partial charge in [-0.15, -0.1) is 0 Å². The van der Waals surface area contributed by atoms with Crippen molar-refractivity contribution in [1.29, 1.82) is 0 Å². The van der Waals surface area contributed by atoms with Gasteiger partial charge in [-0.05, 0) is 42.8 Å². The fourth-order valence-electron chi connectivity index (χ4n) is 3.48. The second-order valence-electron chi connectivity index (χ2n) is 6.64. The van der Waals surface area contributed by atoms with Crippen LogP contribution in [0.2, 0.25) is 0 Å². The molecular weight excluding hydrogens is 316 g/mol. The number of carbonyl (C=O) groups is 1. The van der Waals surface area contributed by atoms with E-state index in [9.17, 15) is 9.59 Å². The van der Waals surface area contributed by atoms with Crippen molar-refractivity contribution < 1.29 is 4.79 Å². The third kappa shape index (κ3) is 2.95. The van der Waals surface area contributed by atoms with Crippen LogP contribution >= 0.6 is 0 Å². The minimum absolute atomic E-state index is 0.128. The van der Waals surface area contributed by atoms with Crippen LogP contribution in [0.3, 0.4) is 0 Å². The summed E-state index contributed by atoms with van der Waals surface area (Å²) in [5, 5.41) is 5.76. The minimum atomic E-state index is -0.224. The monoisotopic (exact) mass is 336 g/mol. The third-order valence-corrected chi connectivity index (χ3v) is 4.77. The van der Waals surface area contributed by atoms with Crippen molar-refractivity contribution in [2.75, 3.05) is 13.1 Å². The van der Waals surface area contributed by atoms with Crippen LogP contribution in [0.5, 0.6) is 0 Å². The van der Waals surface area contributed by atoms with Gasteiger partial charge in [0, 0.05) is 24.7 Å². The summed E-state index contributed by atoms with van der Waals surface area (Å²) in [7, 11) is 0. The first-order chi connectivity index (χ1) is 12.1. The van der Waals surface area contributed by atoms with Crippen LogP contribution in [0, 0.1) is 6.92 Å². The third-order valence-electron chi connectivity index (χ3n) is 4.77. The van der Waals surface area contributed by atoms with Crippen LogP contribution < -0.4 is 5.56 Å². The number of fused-ring (bicyclic) bond motifs is 1. The molecule has 2 aromatic heterocycles. The van der Waals surface area contributed by atoms with Crippen LogP contribution in [-0.2, 0) is 0 Å². The molecule has 1 saturated heterocycles. The molecule has 0 radical (unpaired) electrons. The molecule has 0 bridgehead atoms. The van der Waals surface area contributed by atoms with E-state index in [4.69, 9.17) is 0 Å². The van der Waals surface area contributed by atoms with Crippen molar-refractivity contribution in [3.05, 3.63) is 64.3 Å². The quantitative estimate of drug-likeness (QED) is 0.782. The summed E-state index contributed by atoms with van der Waals surface area (Å²) in [6.07, 6.45) is 5.77. The lowest BCUT2D eigenvalue weighted by atomic mass is 10.0. The fraction of sp³-hybridized carbons (Fsp3) is 0.316. The van der Waals surface area contributed by atoms with Crippen LogP contribution in [-0.4, -0.2) is 38.7 Å². The highest BCUT2D eigenvalue weighted by Gasteiger charge is 2.26. The average Bonchev–Trinajstić information content (AvgIpc) is 3.08. The normalized spacial score (nSPS) is 17.8. The van der Waals surface area contributed by atoms with Crippen molar-refractivity contribution in [2.24, 2.45) is 0 Å². The van der Waals surface area contributed by atoms with Crippen molar-refractivity contribution >= 4 is 16.7 Å². The number of likely N-dealkylation sites (tertiary alicyclic amines) is 1. The largest absolute Gasteiger partial charge is 0.335 e. The smallest absolute Gasteiger partial charge is 0.270 e. The Hall–Kier alpha value is -2.89. The fourth-order valence-corrected chi connectivity index (χ4v) is 3.48. The topological polar surface area (TPSA) is 71.0 Å². The SMILES string of the molecule is Cc1cnn(C2CCCN(C(=O)c3cc4ccccc4c(=O)[nH]3)C2)c1. The number of aryl methyl sites for hydroxylation is 1. The lowest BCUT2D eigenvalue weighted by molar-refractivity contribution is 0.0667. The minimum Gasteiger partial charge on any atom is -0.335 e. The van der Waals surface area contributed by atoms with E-state index in [1.807, 2.05) is 47.1 Å². The van der Waals surface area contributed by atoms with E-state index in [2.05, 4.69) is 10.1 Å². The van der Waals surface area contributed by atoms with Crippen LogP contribution in [0.1, 0.15) is 34.9 Å². The van der Waals surface area contributed by atoms with E-state index in [1.165, 1.54) is 0 Å². The maximum Gasteiger partial charge on any atom is 0.270 e. The second-order valence-corrected chi connectivity index (χ2v) is 6.64. The maximum atomic E-state index is 12.9. The van der Waals surface area contributed by atoms with Crippen molar-refractivity contribution in [2.45, 2.75) is 25.8 Å². The van der Waals surface area contributed by atoms with Gasteiger partial charge in [0.1, 0.15) is 5.69 Å². The Balaban J connectivity index is 1.61. The van der Waals surface area contributed by atoms with Gasteiger partial charge in [0.25, 0.3) is 11.5 Å². The Kier molecular flexibility index (Phi) is 3.87. The summed E-state index contributed by atoms with van der Waals surface area (Å²) < 4.78 is 1.94. The first-order valence-electron chi connectivity index (χ1n) is 8.54. The summed E-state index contributed by atoms with van der Waals surface area (Å²) in [5.74, 6) is -0.128. The van der Waals surface area contributed by atoms with Gasteiger partial charge in [0.15, 0.2) is 0 Å². The average molecular weight is 336 g/mol. The van der Waals surface area contributed by atoms with E-state index in [1.54, 1.807) is 12.1 Å². The number of piperidine rings is 1. The predicted octanol–water partition coefficient (Wildman–Crippen LogP) is 2.51. The van der Waals surface area contributed by atoms with E-state index in [0.29, 0.717) is 24.2 Å². The molecule has 1 aliphatic rings. The van der Waals surface area contributed by atoms with Crippen LogP contribution in [0.25, 0.3) is 10.8 Å². The van der Waals surface area contributed by atoms with Gasteiger partial charge in [-0.2, -0.15) is 5.10 Å². The number of aromatic nitrogens is 3. The molecule has 1 unspecified atom stereocenters. The molecule has 6 nitrogen and oxygen atoms in total. The number of nitrogens with zero attached hydrogens (tertiary/aromatic N) is 3. The van der Waals surface area contributed by atoms with E-state index < -0.39 is 0 Å². The van der Waals surface area contributed by atoms with Gasteiger partial charge < -0.3 is 9.88 Å². The van der Waals surface area contributed by atoms with E-state index >= 15 is 0 Å². The molecule has 6 heteroatoms. The highest BCUT2D eigenvalue weighted by atomic mass is 16.2. The molecule has 1 atom stereocenters. The van der Waals surface area contributed by atoms with Crippen LogP contribution in [0.15, 0.2) is 47.5 Å². The van der Waals surface area contributed by atoms with Gasteiger partial charge in [0.2, 0.25) is 0 Å². The Morgan fingerprint density at radius 1 is 1.32 bits per heavy atom. The molecule has 1 aliphatic heterocycles. The lowest BCUT2D eigenvalue weighted by Crippen LogP contribution is -2.41. The molecule has 0 aliphatic carbocycles. The van der Waals surface area contributed by atoms with Gasteiger partial charge >= 0.3 is 0 Å². The summed E-state index contributed by atoms with van der Waals surface area (Å²) >= 11 is 0. The molecular formula is C19H20N4O2. The summed E-state index contributed by atoms with van der Waals surface area (Å²) in [5.41, 5.74) is 1.24. The number of amides is 1. The lowest BCUT2D eigenvalue weighted by Gasteiger charge is -2.32. The van der Waals surface area contributed by atoms with E-state index in [0.717, 1.165) is 23.8 Å². The number of nitrogens with one attached hydrogen (secondary N) is 1. The number of rotatable bonds is 2. The summed E-state index contributed by atoms with van der Waals surface area (Å²) in [4.78, 5) is 29.7.